The molecule has 0 amide bonds. The second-order valence-electron chi connectivity index (χ2n) is 5.60. The van der Waals surface area contributed by atoms with Gasteiger partial charge in [-0.3, -0.25) is 4.90 Å². The van der Waals surface area contributed by atoms with Gasteiger partial charge in [-0.25, -0.2) is 4.39 Å². The third-order valence-electron chi connectivity index (χ3n) is 4.20. The maximum atomic E-state index is 13.9. The van der Waals surface area contributed by atoms with Crippen LogP contribution in [0.2, 0.25) is 0 Å². The highest BCUT2D eigenvalue weighted by molar-refractivity contribution is 5.56. The lowest BCUT2D eigenvalue weighted by atomic mass is 9.91. The maximum Gasteiger partial charge on any atom is 0.146 e. The SMILES string of the molecule is CC1CC(N2CCCCC2)c2cccc(F)c2N1. The summed E-state index contributed by atoms with van der Waals surface area (Å²) >= 11 is 0. The Labute approximate surface area is 108 Å². The molecule has 2 atom stereocenters. The van der Waals surface area contributed by atoms with Crippen molar-refractivity contribution in [2.24, 2.45) is 0 Å². The first-order chi connectivity index (χ1) is 8.75. The van der Waals surface area contributed by atoms with Crippen molar-refractivity contribution in [3.63, 3.8) is 0 Å². The molecule has 2 unspecified atom stereocenters. The summed E-state index contributed by atoms with van der Waals surface area (Å²) in [7, 11) is 0. The Kier molecular flexibility index (Phi) is 3.25. The first-order valence-electron chi connectivity index (χ1n) is 7.04. The molecule has 1 saturated heterocycles. The van der Waals surface area contributed by atoms with Gasteiger partial charge in [0.2, 0.25) is 0 Å². The molecule has 0 radical (unpaired) electrons. The average Bonchev–Trinajstić information content (AvgIpc) is 2.40. The molecule has 2 nitrogen and oxygen atoms in total. The second kappa shape index (κ2) is 4.88. The Balaban J connectivity index is 1.94. The molecule has 0 aromatic heterocycles. The molecule has 2 heterocycles. The number of nitrogens with one attached hydrogen (secondary N) is 1. The van der Waals surface area contributed by atoms with Crippen molar-refractivity contribution in [3.05, 3.63) is 29.6 Å². The highest BCUT2D eigenvalue weighted by Gasteiger charge is 2.30. The van der Waals surface area contributed by atoms with Crippen molar-refractivity contribution in [2.45, 2.75) is 44.7 Å². The highest BCUT2D eigenvalue weighted by atomic mass is 19.1. The lowest BCUT2D eigenvalue weighted by molar-refractivity contribution is 0.149. The Bertz CT molecular complexity index is 427. The van der Waals surface area contributed by atoms with Crippen LogP contribution in [0.1, 0.15) is 44.2 Å². The Morgan fingerprint density at radius 1 is 1.22 bits per heavy atom. The molecular formula is C15H21FN2. The first kappa shape index (κ1) is 12.0. The van der Waals surface area contributed by atoms with E-state index in [1.165, 1.54) is 19.3 Å². The molecule has 3 heteroatoms. The van der Waals surface area contributed by atoms with Crippen LogP contribution in [0.3, 0.4) is 0 Å². The fourth-order valence-electron chi connectivity index (χ4n) is 3.31. The van der Waals surface area contributed by atoms with Crippen molar-refractivity contribution in [2.75, 3.05) is 18.4 Å². The molecule has 2 aliphatic heterocycles. The molecule has 18 heavy (non-hydrogen) atoms. The number of benzene rings is 1. The van der Waals surface area contributed by atoms with Gasteiger partial charge in [0.1, 0.15) is 5.82 Å². The number of hydrogen-bond acceptors (Lipinski definition) is 2. The van der Waals surface area contributed by atoms with Gasteiger partial charge >= 0.3 is 0 Å². The maximum absolute atomic E-state index is 13.9. The summed E-state index contributed by atoms with van der Waals surface area (Å²) in [5.41, 5.74) is 1.88. The topological polar surface area (TPSA) is 15.3 Å². The van der Waals surface area contributed by atoms with Crippen molar-refractivity contribution >= 4 is 5.69 Å². The molecule has 0 spiro atoms. The zero-order valence-corrected chi connectivity index (χ0v) is 11.0. The van der Waals surface area contributed by atoms with E-state index in [1.54, 1.807) is 6.07 Å². The summed E-state index contributed by atoms with van der Waals surface area (Å²) in [6.07, 6.45) is 4.98. The van der Waals surface area contributed by atoms with Crippen LogP contribution in [0.5, 0.6) is 0 Å². The number of likely N-dealkylation sites (tertiary alicyclic amines) is 1. The minimum absolute atomic E-state index is 0.110. The van der Waals surface area contributed by atoms with Crippen LogP contribution in [0, 0.1) is 5.82 Å². The van der Waals surface area contributed by atoms with Gasteiger partial charge in [0, 0.05) is 12.1 Å². The fourth-order valence-corrected chi connectivity index (χ4v) is 3.31. The van der Waals surface area contributed by atoms with Crippen LogP contribution in [0.4, 0.5) is 10.1 Å². The minimum Gasteiger partial charge on any atom is -0.380 e. The molecule has 1 aromatic carbocycles. The molecule has 2 aliphatic rings. The van der Waals surface area contributed by atoms with Gasteiger partial charge in [0.05, 0.1) is 5.69 Å². The van der Waals surface area contributed by atoms with E-state index in [0.717, 1.165) is 30.8 Å². The lowest BCUT2D eigenvalue weighted by Crippen LogP contribution is -2.39. The van der Waals surface area contributed by atoms with E-state index in [9.17, 15) is 4.39 Å². The van der Waals surface area contributed by atoms with E-state index in [2.05, 4.69) is 23.2 Å². The monoisotopic (exact) mass is 248 g/mol. The summed E-state index contributed by atoms with van der Waals surface area (Å²) in [6, 6.07) is 6.21. The van der Waals surface area contributed by atoms with Crippen molar-refractivity contribution < 1.29 is 4.39 Å². The van der Waals surface area contributed by atoms with Gasteiger partial charge in [-0.2, -0.15) is 0 Å². The minimum atomic E-state index is -0.110. The smallest absolute Gasteiger partial charge is 0.146 e. The molecule has 1 fully saturated rings. The summed E-state index contributed by atoms with van der Waals surface area (Å²) in [4.78, 5) is 2.54. The molecule has 1 N–H and O–H groups in total. The number of hydrogen-bond donors (Lipinski definition) is 1. The van der Waals surface area contributed by atoms with Gasteiger partial charge in [0.25, 0.3) is 0 Å². The van der Waals surface area contributed by atoms with Crippen molar-refractivity contribution in [3.8, 4) is 0 Å². The standard InChI is InChI=1S/C15H21FN2/c1-11-10-14(18-8-3-2-4-9-18)12-6-5-7-13(16)15(12)17-11/h5-7,11,14,17H,2-4,8-10H2,1H3. The van der Waals surface area contributed by atoms with Crippen LogP contribution in [0.15, 0.2) is 18.2 Å². The molecular weight excluding hydrogens is 227 g/mol. The summed E-state index contributed by atoms with van der Waals surface area (Å²) in [5.74, 6) is -0.110. The number of anilines is 1. The normalized spacial score (nSPS) is 28.6. The molecule has 0 saturated carbocycles. The number of halogens is 1. The van der Waals surface area contributed by atoms with Gasteiger partial charge in [-0.05, 0) is 50.9 Å². The van der Waals surface area contributed by atoms with E-state index in [4.69, 9.17) is 0 Å². The lowest BCUT2D eigenvalue weighted by Gasteiger charge is -2.40. The number of nitrogens with zero attached hydrogens (tertiary/aromatic N) is 1. The first-order valence-corrected chi connectivity index (χ1v) is 7.04. The van der Waals surface area contributed by atoms with Gasteiger partial charge in [-0.15, -0.1) is 0 Å². The van der Waals surface area contributed by atoms with Crippen molar-refractivity contribution in [1.82, 2.24) is 4.90 Å². The average molecular weight is 248 g/mol. The fraction of sp³-hybridized carbons (Fsp3) is 0.600. The zero-order chi connectivity index (χ0) is 12.5. The Hall–Kier alpha value is -1.09. The quantitative estimate of drug-likeness (QED) is 0.817. The van der Waals surface area contributed by atoms with Crippen LogP contribution in [-0.4, -0.2) is 24.0 Å². The van der Waals surface area contributed by atoms with Crippen LogP contribution < -0.4 is 5.32 Å². The van der Waals surface area contributed by atoms with Gasteiger partial charge in [0.15, 0.2) is 0 Å². The van der Waals surface area contributed by atoms with Crippen LogP contribution in [-0.2, 0) is 0 Å². The third kappa shape index (κ3) is 2.12. The predicted molar refractivity (Wildman–Crippen MR) is 72.3 cm³/mol. The van der Waals surface area contributed by atoms with E-state index >= 15 is 0 Å². The Morgan fingerprint density at radius 2 is 2.00 bits per heavy atom. The second-order valence-corrected chi connectivity index (χ2v) is 5.60. The molecule has 3 rings (SSSR count). The largest absolute Gasteiger partial charge is 0.380 e. The number of para-hydroxylation sites is 1. The van der Waals surface area contributed by atoms with Crippen molar-refractivity contribution in [1.29, 1.82) is 0 Å². The van der Waals surface area contributed by atoms with Gasteiger partial charge < -0.3 is 5.32 Å². The summed E-state index contributed by atoms with van der Waals surface area (Å²) in [5, 5.41) is 3.30. The Morgan fingerprint density at radius 3 is 2.78 bits per heavy atom. The number of piperidine rings is 1. The molecule has 1 aromatic rings. The van der Waals surface area contributed by atoms with E-state index < -0.39 is 0 Å². The van der Waals surface area contributed by atoms with Gasteiger partial charge in [-0.1, -0.05) is 18.6 Å². The summed E-state index contributed by atoms with van der Waals surface area (Å²) < 4.78 is 13.9. The van der Waals surface area contributed by atoms with E-state index in [0.29, 0.717) is 12.1 Å². The van der Waals surface area contributed by atoms with Crippen LogP contribution >= 0.6 is 0 Å². The number of fused-ring (bicyclic) bond motifs is 1. The predicted octanol–water partition coefficient (Wildman–Crippen LogP) is 3.56. The molecule has 0 bridgehead atoms. The van der Waals surface area contributed by atoms with Crippen LogP contribution in [0.25, 0.3) is 0 Å². The zero-order valence-electron chi connectivity index (χ0n) is 11.0. The van der Waals surface area contributed by atoms with E-state index in [1.807, 2.05) is 6.07 Å². The third-order valence-corrected chi connectivity index (χ3v) is 4.20. The molecule has 0 aliphatic carbocycles. The number of rotatable bonds is 1. The molecule has 98 valence electrons. The highest BCUT2D eigenvalue weighted by Crippen LogP contribution is 2.38. The van der Waals surface area contributed by atoms with E-state index in [-0.39, 0.29) is 5.82 Å². The summed E-state index contributed by atoms with van der Waals surface area (Å²) in [6.45, 7) is 4.47.